The number of aryl methyl sites for hydroxylation is 1. The first-order valence-corrected chi connectivity index (χ1v) is 9.82. The summed E-state index contributed by atoms with van der Waals surface area (Å²) in [6, 6.07) is 6.70. The van der Waals surface area contributed by atoms with Crippen LogP contribution in [0.3, 0.4) is 0 Å². The Bertz CT molecular complexity index is 1190. The average Bonchev–Trinajstić information content (AvgIpc) is 3.06. The van der Waals surface area contributed by atoms with E-state index in [9.17, 15) is 19.7 Å². The second-order valence-electron chi connectivity index (χ2n) is 7.63. The third-order valence-corrected chi connectivity index (χ3v) is 5.70. The standard InChI is InChI=1S/C21H23N5O4/c1-13(27)25-9-6-14(7-10-25)23-19-4-3-15(26(29)30)11-17(19)18-12-24(2)20-16(18)5-8-22-21(20)28/h3-5,8,11-12,14,23H,6-7,9-10H2,1-2H3,(H,22,28). The summed E-state index contributed by atoms with van der Waals surface area (Å²) in [5.41, 5.74) is 2.50. The number of aromatic amines is 1. The fraction of sp³-hybridized carbons (Fsp3) is 0.333. The molecular formula is C21H23N5O4. The number of amides is 1. The van der Waals surface area contributed by atoms with Gasteiger partial charge in [0.1, 0.15) is 5.52 Å². The molecule has 30 heavy (non-hydrogen) atoms. The van der Waals surface area contributed by atoms with Gasteiger partial charge >= 0.3 is 0 Å². The normalized spacial score (nSPS) is 14.8. The number of nitrogens with zero attached hydrogens (tertiary/aromatic N) is 3. The van der Waals surface area contributed by atoms with Crippen LogP contribution in [-0.2, 0) is 11.8 Å². The van der Waals surface area contributed by atoms with Gasteiger partial charge < -0.3 is 19.8 Å². The molecule has 156 valence electrons. The van der Waals surface area contributed by atoms with Crippen LogP contribution in [0.4, 0.5) is 11.4 Å². The molecule has 1 amide bonds. The summed E-state index contributed by atoms with van der Waals surface area (Å²) in [5.74, 6) is 0.0745. The molecule has 0 unspecified atom stereocenters. The Morgan fingerprint density at radius 1 is 1.23 bits per heavy atom. The van der Waals surface area contributed by atoms with Gasteiger partial charge in [0.25, 0.3) is 11.2 Å². The Labute approximate surface area is 172 Å². The summed E-state index contributed by atoms with van der Waals surface area (Å²) in [7, 11) is 1.78. The summed E-state index contributed by atoms with van der Waals surface area (Å²) in [4.78, 5) is 39.3. The Kier molecular flexibility index (Phi) is 5.03. The molecular weight excluding hydrogens is 386 g/mol. The number of nitrogens with one attached hydrogen (secondary N) is 2. The van der Waals surface area contributed by atoms with Gasteiger partial charge in [-0.05, 0) is 25.0 Å². The maximum atomic E-state index is 12.3. The second kappa shape index (κ2) is 7.66. The number of anilines is 1. The number of rotatable bonds is 4. The highest BCUT2D eigenvalue weighted by Gasteiger charge is 2.23. The number of carbonyl (C=O) groups is 1. The minimum absolute atomic E-state index is 0.0104. The molecule has 2 N–H and O–H groups in total. The van der Waals surface area contributed by atoms with Gasteiger partial charge in [-0.3, -0.25) is 19.7 Å². The number of nitro benzene ring substituents is 1. The SMILES string of the molecule is CC(=O)N1CCC(Nc2ccc([N+](=O)[O-])cc2-c2cn(C)c3c(=O)[nH]ccc23)CC1. The van der Waals surface area contributed by atoms with Crippen LogP contribution in [0.15, 0.2) is 41.5 Å². The van der Waals surface area contributed by atoms with Crippen LogP contribution in [0.5, 0.6) is 0 Å². The van der Waals surface area contributed by atoms with Gasteiger partial charge in [-0.25, -0.2) is 0 Å². The van der Waals surface area contributed by atoms with E-state index >= 15 is 0 Å². The molecule has 3 aromatic rings. The molecule has 4 rings (SSSR count). The van der Waals surface area contributed by atoms with Crippen molar-refractivity contribution >= 4 is 28.2 Å². The van der Waals surface area contributed by atoms with Gasteiger partial charge in [0.05, 0.1) is 4.92 Å². The lowest BCUT2D eigenvalue weighted by molar-refractivity contribution is -0.384. The second-order valence-corrected chi connectivity index (χ2v) is 7.63. The van der Waals surface area contributed by atoms with Gasteiger partial charge in [0.15, 0.2) is 0 Å². The van der Waals surface area contributed by atoms with E-state index in [1.54, 1.807) is 42.9 Å². The minimum atomic E-state index is -0.420. The summed E-state index contributed by atoms with van der Waals surface area (Å²) in [6.45, 7) is 2.93. The van der Waals surface area contributed by atoms with E-state index in [0.717, 1.165) is 29.5 Å². The Morgan fingerprint density at radius 3 is 2.63 bits per heavy atom. The molecule has 0 atom stereocenters. The number of hydrogen-bond acceptors (Lipinski definition) is 5. The van der Waals surface area contributed by atoms with E-state index in [0.29, 0.717) is 24.2 Å². The van der Waals surface area contributed by atoms with Crippen LogP contribution < -0.4 is 10.9 Å². The molecule has 0 bridgehead atoms. The lowest BCUT2D eigenvalue weighted by Gasteiger charge is -2.32. The highest BCUT2D eigenvalue weighted by Crippen LogP contribution is 2.37. The fourth-order valence-corrected chi connectivity index (χ4v) is 4.13. The van der Waals surface area contributed by atoms with Crippen molar-refractivity contribution in [2.24, 2.45) is 7.05 Å². The van der Waals surface area contributed by atoms with Gasteiger partial charge in [-0.15, -0.1) is 0 Å². The maximum Gasteiger partial charge on any atom is 0.272 e. The summed E-state index contributed by atoms with van der Waals surface area (Å²) >= 11 is 0. The van der Waals surface area contributed by atoms with Crippen molar-refractivity contribution in [1.82, 2.24) is 14.5 Å². The Balaban J connectivity index is 1.75. The van der Waals surface area contributed by atoms with Crippen molar-refractivity contribution < 1.29 is 9.72 Å². The number of non-ortho nitro benzene ring substituents is 1. The molecule has 0 aliphatic carbocycles. The Morgan fingerprint density at radius 2 is 1.97 bits per heavy atom. The quantitative estimate of drug-likeness (QED) is 0.508. The first-order chi connectivity index (χ1) is 14.3. The van der Waals surface area contributed by atoms with Crippen molar-refractivity contribution in [3.8, 4) is 11.1 Å². The first kappa shape index (κ1) is 19.7. The van der Waals surface area contributed by atoms with Gasteiger partial charge in [-0.2, -0.15) is 0 Å². The van der Waals surface area contributed by atoms with Crippen molar-refractivity contribution in [3.05, 3.63) is 57.1 Å². The third-order valence-electron chi connectivity index (χ3n) is 5.70. The molecule has 1 aliphatic heterocycles. The van der Waals surface area contributed by atoms with E-state index in [-0.39, 0.29) is 23.2 Å². The molecule has 9 heteroatoms. The molecule has 1 aliphatic rings. The van der Waals surface area contributed by atoms with E-state index in [2.05, 4.69) is 10.3 Å². The first-order valence-electron chi connectivity index (χ1n) is 9.82. The van der Waals surface area contributed by atoms with Gasteiger partial charge in [0, 0.05) is 79.8 Å². The molecule has 9 nitrogen and oxygen atoms in total. The molecule has 0 spiro atoms. The van der Waals surface area contributed by atoms with E-state index in [1.807, 2.05) is 11.1 Å². The number of carbonyl (C=O) groups excluding carboxylic acids is 1. The highest BCUT2D eigenvalue weighted by atomic mass is 16.6. The highest BCUT2D eigenvalue weighted by molar-refractivity contribution is 5.99. The van der Waals surface area contributed by atoms with Crippen LogP contribution in [0.2, 0.25) is 0 Å². The van der Waals surface area contributed by atoms with E-state index < -0.39 is 4.92 Å². The number of aromatic nitrogens is 2. The third kappa shape index (κ3) is 3.54. The number of pyridine rings is 1. The molecule has 1 saturated heterocycles. The van der Waals surface area contributed by atoms with E-state index in [4.69, 9.17) is 0 Å². The largest absolute Gasteiger partial charge is 0.382 e. The predicted molar refractivity (Wildman–Crippen MR) is 115 cm³/mol. The molecule has 1 aromatic carbocycles. The predicted octanol–water partition coefficient (Wildman–Crippen LogP) is 2.86. The summed E-state index contributed by atoms with van der Waals surface area (Å²) in [5, 5.41) is 15.6. The van der Waals surface area contributed by atoms with E-state index in [1.165, 1.54) is 6.07 Å². The number of likely N-dealkylation sites (tertiary alicyclic amines) is 1. The lowest BCUT2D eigenvalue weighted by atomic mass is 10.00. The van der Waals surface area contributed by atoms with Crippen molar-refractivity contribution in [3.63, 3.8) is 0 Å². The number of fused-ring (bicyclic) bond motifs is 1. The lowest BCUT2D eigenvalue weighted by Crippen LogP contribution is -2.41. The van der Waals surface area contributed by atoms with Gasteiger partial charge in [-0.1, -0.05) is 0 Å². The van der Waals surface area contributed by atoms with Crippen molar-refractivity contribution in [2.45, 2.75) is 25.8 Å². The number of piperidine rings is 1. The zero-order valence-corrected chi connectivity index (χ0v) is 16.8. The number of benzene rings is 1. The smallest absolute Gasteiger partial charge is 0.272 e. The van der Waals surface area contributed by atoms with Crippen LogP contribution in [0.25, 0.3) is 22.0 Å². The monoisotopic (exact) mass is 409 g/mol. The molecule has 3 heterocycles. The number of nitro groups is 1. The molecule has 0 saturated carbocycles. The zero-order chi connectivity index (χ0) is 21.4. The molecule has 0 radical (unpaired) electrons. The van der Waals surface area contributed by atoms with Crippen LogP contribution >= 0.6 is 0 Å². The Hall–Kier alpha value is -3.62. The van der Waals surface area contributed by atoms with Crippen molar-refractivity contribution in [2.75, 3.05) is 18.4 Å². The molecule has 1 fully saturated rings. The minimum Gasteiger partial charge on any atom is -0.382 e. The summed E-state index contributed by atoms with van der Waals surface area (Å²) in [6.07, 6.45) is 5.00. The van der Waals surface area contributed by atoms with Crippen molar-refractivity contribution in [1.29, 1.82) is 0 Å². The summed E-state index contributed by atoms with van der Waals surface area (Å²) < 4.78 is 1.73. The molecule has 2 aromatic heterocycles. The average molecular weight is 409 g/mol. The fourth-order valence-electron chi connectivity index (χ4n) is 4.13. The van der Waals surface area contributed by atoms with Gasteiger partial charge in [0.2, 0.25) is 5.91 Å². The number of H-pyrrole nitrogens is 1. The van der Waals surface area contributed by atoms with Crippen LogP contribution in [-0.4, -0.2) is 44.4 Å². The number of hydrogen-bond donors (Lipinski definition) is 2. The van der Waals surface area contributed by atoms with Crippen LogP contribution in [0, 0.1) is 10.1 Å². The zero-order valence-electron chi connectivity index (χ0n) is 16.8. The topological polar surface area (TPSA) is 113 Å². The van der Waals surface area contributed by atoms with Crippen LogP contribution in [0.1, 0.15) is 19.8 Å². The maximum absolute atomic E-state index is 12.3.